The molecule has 3 aromatic heterocycles. The van der Waals surface area contributed by atoms with Gasteiger partial charge in [0.25, 0.3) is 6.33 Å². The number of fused-ring (bicyclic) bond motifs is 3. The van der Waals surface area contributed by atoms with Gasteiger partial charge in [-0.1, -0.05) is 227 Å². The Labute approximate surface area is 470 Å². The molecule has 0 bridgehead atoms. The Morgan fingerprint density at radius 2 is 0.987 bits per heavy atom. The van der Waals surface area contributed by atoms with Gasteiger partial charge in [0, 0.05) is 55.1 Å². The molecular weight excluding hydrogens is 1110 g/mol. The number of hydrogen-bond acceptors (Lipinski definition) is 2. The zero-order valence-corrected chi connectivity index (χ0v) is 51.1. The van der Waals surface area contributed by atoms with E-state index in [9.17, 15) is 0 Å². The maximum absolute atomic E-state index is 7.28. The number of imidazole rings is 1. The maximum Gasteiger partial charge on any atom is 0.267 e. The minimum absolute atomic E-state index is 0. The van der Waals surface area contributed by atoms with Crippen LogP contribution in [0.4, 0.5) is 0 Å². The second-order valence-electron chi connectivity index (χ2n) is 27.2. The van der Waals surface area contributed by atoms with Crippen molar-refractivity contribution >= 4 is 21.8 Å². The summed E-state index contributed by atoms with van der Waals surface area (Å²) >= 11 is 0. The van der Waals surface area contributed by atoms with Crippen molar-refractivity contribution in [3.63, 3.8) is 0 Å². The van der Waals surface area contributed by atoms with Crippen LogP contribution in [0.25, 0.3) is 39.0 Å². The Bertz CT molecular complexity index is 3540. The molecule has 0 radical (unpaired) electrons. The summed E-state index contributed by atoms with van der Waals surface area (Å²) < 4.78 is 14.2. The summed E-state index contributed by atoms with van der Waals surface area (Å²) in [6.45, 7) is 43.7. The molecule has 9 rings (SSSR count). The van der Waals surface area contributed by atoms with Crippen LogP contribution >= 0.6 is 0 Å². The Balaban J connectivity index is 0.00000765. The molecule has 0 aliphatic heterocycles. The van der Waals surface area contributed by atoms with Crippen LogP contribution in [0.2, 0.25) is 0 Å². The normalized spacial score (nSPS) is 13.1. The van der Waals surface area contributed by atoms with Gasteiger partial charge in [-0.15, -0.1) is 29.8 Å². The summed E-state index contributed by atoms with van der Waals surface area (Å²) in [6, 6.07) is 56.5. The predicted molar refractivity (Wildman–Crippen MR) is 313 cm³/mol. The summed E-state index contributed by atoms with van der Waals surface area (Å²) in [5.74, 6) is 2.08. The van der Waals surface area contributed by atoms with Crippen LogP contribution in [0.3, 0.4) is 0 Å². The van der Waals surface area contributed by atoms with E-state index in [2.05, 4.69) is 297 Å². The fourth-order valence-electron chi connectivity index (χ4n) is 10.6. The molecule has 0 N–H and O–H groups in total. The molecule has 0 saturated carbocycles. The first kappa shape index (κ1) is 56.2. The van der Waals surface area contributed by atoms with Gasteiger partial charge in [0.1, 0.15) is 5.82 Å². The Kier molecular flexibility index (Phi) is 14.6. The molecule has 0 amide bonds. The van der Waals surface area contributed by atoms with Crippen LogP contribution in [-0.4, -0.2) is 14.1 Å². The molecule has 398 valence electrons. The smallest absolute Gasteiger partial charge is 0.267 e. The third-order valence-corrected chi connectivity index (χ3v) is 15.4. The van der Waals surface area contributed by atoms with Gasteiger partial charge in [-0.3, -0.25) is 4.57 Å². The van der Waals surface area contributed by atoms with Gasteiger partial charge in [0.05, 0.1) is 17.1 Å². The monoisotopic (exact) mass is 1190 g/mol. The van der Waals surface area contributed by atoms with E-state index >= 15 is 0 Å². The summed E-state index contributed by atoms with van der Waals surface area (Å²) in [4.78, 5) is 5.02. The molecule has 0 aliphatic carbocycles. The van der Waals surface area contributed by atoms with Gasteiger partial charge < -0.3 is 13.9 Å². The van der Waals surface area contributed by atoms with Crippen LogP contribution in [0.1, 0.15) is 182 Å². The van der Waals surface area contributed by atoms with Crippen molar-refractivity contribution in [3.05, 3.63) is 208 Å². The molecule has 0 unspecified atom stereocenters. The van der Waals surface area contributed by atoms with Gasteiger partial charge in [0.2, 0.25) is 0 Å². The van der Waals surface area contributed by atoms with Gasteiger partial charge in [-0.2, -0.15) is 11.6 Å². The average Bonchev–Trinajstić information content (AvgIpc) is 3.91. The number of aromatic nitrogens is 4. The van der Waals surface area contributed by atoms with Crippen LogP contribution in [0.15, 0.2) is 140 Å². The SMILES string of the molecule is CC(C)(C)c1cc(Oc2[c-]c3c(c(C(C)(C)C)c2)c2ccccc2n3-c2cc(C(C)(C)C)ccn2)[c-]c(-n2[c-][n+](-c3cc(C(C)(C)C)cc(C(C)(C)C)c3)c(C(C)(C)c3ccccc3)c2C(C)(C)c2ccccc2)c1.[Pt]. The number of para-hydroxylation sites is 1. The van der Waals surface area contributed by atoms with E-state index < -0.39 is 10.8 Å². The molecule has 5 nitrogen and oxygen atoms in total. The molecule has 76 heavy (non-hydrogen) atoms. The Morgan fingerprint density at radius 1 is 0.474 bits per heavy atom. The van der Waals surface area contributed by atoms with Crippen LogP contribution < -0.4 is 9.30 Å². The third kappa shape index (κ3) is 10.7. The number of nitrogens with zero attached hydrogens (tertiary/aromatic N) is 4. The Morgan fingerprint density at radius 3 is 1.54 bits per heavy atom. The number of hydrogen-bond donors (Lipinski definition) is 0. The van der Waals surface area contributed by atoms with E-state index in [0.29, 0.717) is 11.5 Å². The molecule has 6 aromatic carbocycles. The van der Waals surface area contributed by atoms with Crippen LogP contribution in [-0.2, 0) is 59.0 Å². The fraction of sp³-hybridized carbons (Fsp3) is 0.371. The second kappa shape index (κ2) is 19.8. The first-order valence-electron chi connectivity index (χ1n) is 27.0. The largest absolute Gasteiger partial charge is 0.510 e. The summed E-state index contributed by atoms with van der Waals surface area (Å²) in [6.07, 6.45) is 6.03. The molecule has 9 aromatic rings. The Hall–Kier alpha value is -6.03. The van der Waals surface area contributed by atoms with Crippen molar-refractivity contribution < 1.29 is 30.4 Å². The first-order valence-corrected chi connectivity index (χ1v) is 27.0. The maximum atomic E-state index is 7.28. The van der Waals surface area contributed by atoms with E-state index in [1.807, 2.05) is 6.20 Å². The van der Waals surface area contributed by atoms with E-state index in [1.54, 1.807) is 0 Å². The van der Waals surface area contributed by atoms with Crippen molar-refractivity contribution in [2.75, 3.05) is 0 Å². The van der Waals surface area contributed by atoms with Gasteiger partial charge >= 0.3 is 0 Å². The van der Waals surface area contributed by atoms with E-state index in [0.717, 1.165) is 55.9 Å². The molecule has 6 heteroatoms. The minimum atomic E-state index is -0.530. The molecule has 3 heterocycles. The molecule has 0 atom stereocenters. The average molecular weight is 1190 g/mol. The minimum Gasteiger partial charge on any atom is -0.510 e. The number of benzene rings is 6. The summed E-state index contributed by atoms with van der Waals surface area (Å²) in [5.41, 5.74) is 12.9. The van der Waals surface area contributed by atoms with Gasteiger partial charge in [-0.05, 0) is 96.3 Å². The third-order valence-electron chi connectivity index (χ3n) is 15.4. The van der Waals surface area contributed by atoms with Crippen molar-refractivity contribution in [2.24, 2.45) is 0 Å². The summed E-state index contributed by atoms with van der Waals surface area (Å²) in [5, 5.41) is 2.31. The molecule has 0 spiro atoms. The topological polar surface area (TPSA) is 35.9 Å². The van der Waals surface area contributed by atoms with Gasteiger partial charge in [-0.25, -0.2) is 4.98 Å². The molecule has 0 aliphatic rings. The van der Waals surface area contributed by atoms with Crippen molar-refractivity contribution in [3.8, 4) is 28.7 Å². The number of ether oxygens (including phenoxy) is 1. The van der Waals surface area contributed by atoms with Crippen molar-refractivity contribution in [2.45, 2.75) is 169 Å². The molecular formula is C70H80N4OPt-2. The first-order chi connectivity index (χ1) is 34.8. The van der Waals surface area contributed by atoms with E-state index in [-0.39, 0.29) is 48.1 Å². The van der Waals surface area contributed by atoms with E-state index in [4.69, 9.17) is 9.72 Å². The quantitative estimate of drug-likeness (QED) is 0.107. The summed E-state index contributed by atoms with van der Waals surface area (Å²) in [7, 11) is 0. The van der Waals surface area contributed by atoms with Gasteiger partial charge in [0.15, 0.2) is 0 Å². The number of rotatable bonds is 9. The molecule has 0 saturated heterocycles. The zero-order chi connectivity index (χ0) is 54.4. The van der Waals surface area contributed by atoms with Crippen LogP contribution in [0, 0.1) is 18.5 Å². The predicted octanol–water partition coefficient (Wildman–Crippen LogP) is 17.6. The van der Waals surface area contributed by atoms with E-state index in [1.165, 1.54) is 33.4 Å². The van der Waals surface area contributed by atoms with Crippen molar-refractivity contribution in [1.82, 2.24) is 14.1 Å². The number of pyridine rings is 1. The van der Waals surface area contributed by atoms with Crippen molar-refractivity contribution in [1.29, 1.82) is 0 Å². The fourth-order valence-corrected chi connectivity index (χ4v) is 10.6. The molecule has 0 fully saturated rings. The second-order valence-corrected chi connectivity index (χ2v) is 27.2. The standard InChI is InChI=1S/C70H80N4O.Pt/c1-64(2,3)48-34-35-71-60(41-48)74-58-33-27-26-32-56(58)61-57(68(13,14)15)43-55(44-59(61)74)75-54-40-51(67(10,11)12)39-53(42-54)73-45-72(52-37-49(65(4,5)6)36-50(38-52)66(7,8)9)62(69(16,17)46-28-22-20-23-29-46)63(73)70(18,19)47-30-24-21-25-31-47;/h20-41,43H,1-19H3;/q-2;. The zero-order valence-electron chi connectivity index (χ0n) is 48.8. The van der Waals surface area contributed by atoms with Crippen LogP contribution in [0.5, 0.6) is 11.5 Å².